The van der Waals surface area contributed by atoms with Crippen LogP contribution in [0.15, 0.2) is 18.2 Å². The Labute approximate surface area is 74.7 Å². The Hall–Kier alpha value is -1.27. The first kappa shape index (κ1) is 9.82. The highest BCUT2D eigenvalue weighted by molar-refractivity contribution is 6.33. The van der Waals surface area contributed by atoms with E-state index in [9.17, 15) is 4.39 Å². The van der Waals surface area contributed by atoms with E-state index in [0.717, 1.165) is 6.07 Å². The van der Waals surface area contributed by atoms with Crippen molar-refractivity contribution in [3.63, 3.8) is 0 Å². The van der Waals surface area contributed by atoms with E-state index in [0.29, 0.717) is 0 Å². The van der Waals surface area contributed by atoms with Crippen LogP contribution in [0.25, 0.3) is 0 Å². The Balaban J connectivity index is 3.00. The minimum absolute atomic E-state index is 0.105. The molecule has 2 N–H and O–H groups in total. The number of hydrogen-bond donors (Lipinski definition) is 2. The number of methoxy groups -OCH3 is 1. The Morgan fingerprint density at radius 2 is 2.08 bits per heavy atom. The Kier molecular flexibility index (Phi) is 3.10. The molecule has 0 heterocycles. The lowest BCUT2D eigenvalue weighted by molar-refractivity contribution is 0.272. The fraction of sp³-hybridized carbons (Fsp3) is 0.143. The second-order valence-corrected chi connectivity index (χ2v) is 2.22. The predicted molar refractivity (Wildman–Crippen MR) is 43.8 cm³/mol. The third-order valence-corrected chi connectivity index (χ3v) is 1.37. The molecular weight excluding hydrogens is 178 g/mol. The molecule has 0 radical (unpaired) electrons. The van der Waals surface area contributed by atoms with E-state index in [1.807, 2.05) is 0 Å². The number of hydrogen-bond acceptors (Lipinski definition) is 4. The van der Waals surface area contributed by atoms with Crippen LogP contribution in [0.4, 0.5) is 4.39 Å². The molecule has 0 fully saturated rings. The molecule has 0 spiro atoms. The number of rotatable bonds is 3. The van der Waals surface area contributed by atoms with Crippen molar-refractivity contribution in [3.8, 4) is 11.5 Å². The molecule has 0 atom stereocenters. The fourth-order valence-electron chi connectivity index (χ4n) is 0.870. The summed E-state index contributed by atoms with van der Waals surface area (Å²) in [7, 11) is -0.739. The number of benzene rings is 1. The maximum absolute atomic E-state index is 13.0. The summed E-state index contributed by atoms with van der Waals surface area (Å²) in [4.78, 5) is 0. The van der Waals surface area contributed by atoms with Gasteiger partial charge in [-0.1, -0.05) is 6.07 Å². The van der Waals surface area contributed by atoms with Gasteiger partial charge in [0, 0.05) is 0 Å². The molecule has 0 amide bonds. The third-order valence-electron chi connectivity index (χ3n) is 1.37. The average molecular weight is 186 g/mol. The first-order valence-electron chi connectivity index (χ1n) is 3.50. The quantitative estimate of drug-likeness (QED) is 0.661. The van der Waals surface area contributed by atoms with E-state index in [1.54, 1.807) is 0 Å². The van der Waals surface area contributed by atoms with Gasteiger partial charge < -0.3 is 19.4 Å². The molecule has 0 aromatic heterocycles. The van der Waals surface area contributed by atoms with Gasteiger partial charge in [-0.3, -0.25) is 0 Å². The van der Waals surface area contributed by atoms with Crippen molar-refractivity contribution in [1.29, 1.82) is 0 Å². The summed E-state index contributed by atoms with van der Waals surface area (Å²) in [6.07, 6.45) is 0. The highest BCUT2D eigenvalue weighted by Crippen LogP contribution is 2.29. The first-order chi connectivity index (χ1) is 6.15. The summed E-state index contributed by atoms with van der Waals surface area (Å²) in [5.41, 5.74) is 0. The second kappa shape index (κ2) is 4.11. The summed E-state index contributed by atoms with van der Waals surface area (Å²) < 4.78 is 22.1. The molecule has 6 heteroatoms. The molecule has 1 aromatic carbocycles. The highest BCUT2D eigenvalue weighted by atomic mass is 19.1. The minimum Gasteiger partial charge on any atom is -0.507 e. The average Bonchev–Trinajstić information content (AvgIpc) is 2.08. The molecule has 0 bridgehead atoms. The lowest BCUT2D eigenvalue weighted by Gasteiger charge is -2.09. The normalized spacial score (nSPS) is 9.54. The molecule has 0 unspecified atom stereocenters. The first-order valence-corrected chi connectivity index (χ1v) is 3.50. The van der Waals surface area contributed by atoms with Crippen LogP contribution in [0.1, 0.15) is 0 Å². The van der Waals surface area contributed by atoms with E-state index in [4.69, 9.17) is 14.8 Å². The summed E-state index contributed by atoms with van der Waals surface area (Å²) in [5.74, 6) is -0.930. The van der Waals surface area contributed by atoms with Crippen LogP contribution < -0.4 is 9.39 Å². The van der Waals surface area contributed by atoms with Crippen molar-refractivity contribution in [3.05, 3.63) is 24.0 Å². The predicted octanol–water partition coefficient (Wildman–Crippen LogP) is 0.183. The van der Waals surface area contributed by atoms with Crippen LogP contribution in [-0.2, 0) is 0 Å². The third kappa shape index (κ3) is 2.33. The van der Waals surface area contributed by atoms with Crippen molar-refractivity contribution in [2.45, 2.75) is 0 Å². The molecule has 0 saturated heterocycles. The van der Waals surface area contributed by atoms with Gasteiger partial charge in [0.25, 0.3) is 0 Å². The van der Waals surface area contributed by atoms with Gasteiger partial charge in [-0.15, -0.1) is 0 Å². The molecule has 1 aromatic rings. The van der Waals surface area contributed by atoms with Crippen LogP contribution >= 0.6 is 0 Å². The van der Waals surface area contributed by atoms with Crippen molar-refractivity contribution < 1.29 is 23.8 Å². The summed E-state index contributed by atoms with van der Waals surface area (Å²) >= 11 is 0. The van der Waals surface area contributed by atoms with Gasteiger partial charge in [0.05, 0.1) is 7.11 Å². The zero-order chi connectivity index (χ0) is 9.84. The fourth-order valence-corrected chi connectivity index (χ4v) is 0.870. The van der Waals surface area contributed by atoms with Crippen LogP contribution in [0.3, 0.4) is 0 Å². The van der Waals surface area contributed by atoms with Gasteiger partial charge in [-0.25, -0.2) is 4.39 Å². The SMILES string of the molecule is COc1cccc(F)c1OB(O)O. The van der Waals surface area contributed by atoms with E-state index in [-0.39, 0.29) is 11.5 Å². The van der Waals surface area contributed by atoms with E-state index >= 15 is 0 Å². The maximum atomic E-state index is 13.0. The zero-order valence-corrected chi connectivity index (χ0v) is 6.90. The second-order valence-electron chi connectivity index (χ2n) is 2.22. The van der Waals surface area contributed by atoms with E-state index in [1.165, 1.54) is 19.2 Å². The van der Waals surface area contributed by atoms with Gasteiger partial charge in [0.2, 0.25) is 0 Å². The molecular formula is C7H8BFO4. The van der Waals surface area contributed by atoms with Crippen LogP contribution in [0.2, 0.25) is 0 Å². The molecule has 4 nitrogen and oxygen atoms in total. The minimum atomic E-state index is -2.06. The summed E-state index contributed by atoms with van der Waals surface area (Å²) in [6, 6.07) is 3.99. The van der Waals surface area contributed by atoms with Gasteiger partial charge in [0.15, 0.2) is 17.3 Å². The summed E-state index contributed by atoms with van der Waals surface area (Å²) in [6.45, 7) is 0. The van der Waals surface area contributed by atoms with Crippen molar-refractivity contribution in [2.75, 3.05) is 7.11 Å². The Bertz CT molecular complexity index is 292. The maximum Gasteiger partial charge on any atom is 0.707 e. The zero-order valence-electron chi connectivity index (χ0n) is 6.90. The van der Waals surface area contributed by atoms with Gasteiger partial charge >= 0.3 is 7.32 Å². The lowest BCUT2D eigenvalue weighted by atomic mass is 10.2. The van der Waals surface area contributed by atoms with E-state index in [2.05, 4.69) is 4.65 Å². The number of ether oxygens (including phenoxy) is 1. The molecule has 0 aliphatic rings. The van der Waals surface area contributed by atoms with Crippen LogP contribution in [-0.4, -0.2) is 24.5 Å². The molecule has 1 rings (SSSR count). The molecule has 70 valence electrons. The Morgan fingerprint density at radius 1 is 1.38 bits per heavy atom. The van der Waals surface area contributed by atoms with Gasteiger partial charge in [0.1, 0.15) is 0 Å². The van der Waals surface area contributed by atoms with Crippen LogP contribution in [0.5, 0.6) is 11.5 Å². The molecule has 0 aliphatic carbocycles. The standard InChI is InChI=1S/C7H8BFO4/c1-12-6-4-2-3-5(9)7(6)13-8(10)11/h2-4,10-11H,1H3. The molecule has 0 aliphatic heterocycles. The van der Waals surface area contributed by atoms with Crippen LogP contribution in [0, 0.1) is 5.82 Å². The number of para-hydroxylation sites is 1. The van der Waals surface area contributed by atoms with Gasteiger partial charge in [-0.2, -0.15) is 0 Å². The topological polar surface area (TPSA) is 58.9 Å². The van der Waals surface area contributed by atoms with E-state index < -0.39 is 13.1 Å². The Morgan fingerprint density at radius 3 is 2.62 bits per heavy atom. The highest BCUT2D eigenvalue weighted by Gasteiger charge is 2.18. The molecule has 0 saturated carbocycles. The van der Waals surface area contributed by atoms with Crippen molar-refractivity contribution in [2.24, 2.45) is 0 Å². The molecule has 13 heavy (non-hydrogen) atoms. The van der Waals surface area contributed by atoms with Gasteiger partial charge in [-0.05, 0) is 12.1 Å². The van der Waals surface area contributed by atoms with Crippen molar-refractivity contribution in [1.82, 2.24) is 0 Å². The monoisotopic (exact) mass is 186 g/mol. The summed E-state index contributed by atoms with van der Waals surface area (Å²) in [5, 5.41) is 16.9. The smallest absolute Gasteiger partial charge is 0.507 e. The van der Waals surface area contributed by atoms with Crippen molar-refractivity contribution >= 4 is 7.32 Å². The number of halogens is 1. The largest absolute Gasteiger partial charge is 0.707 e. The lowest BCUT2D eigenvalue weighted by Crippen LogP contribution is -2.21.